The van der Waals surface area contributed by atoms with E-state index >= 15 is 0 Å². The van der Waals surface area contributed by atoms with Crippen molar-refractivity contribution < 1.29 is 38.6 Å². The van der Waals surface area contributed by atoms with Crippen molar-refractivity contribution in [2.75, 3.05) is 5.75 Å². The molecule has 46 heavy (non-hydrogen) atoms. The lowest BCUT2D eigenvalue weighted by Gasteiger charge is -2.29. The second-order valence-corrected chi connectivity index (χ2v) is 15.3. The second-order valence-electron chi connectivity index (χ2n) is 13.2. The van der Waals surface area contributed by atoms with E-state index in [2.05, 4.69) is 26.3 Å². The van der Waals surface area contributed by atoms with Gasteiger partial charge in [0, 0.05) is 5.38 Å². The highest BCUT2D eigenvalue weighted by atomic mass is 32.1. The van der Waals surface area contributed by atoms with Crippen LogP contribution in [0.4, 0.5) is 4.79 Å². The first-order chi connectivity index (χ1) is 21.3. The van der Waals surface area contributed by atoms with Gasteiger partial charge in [0.2, 0.25) is 11.8 Å². The van der Waals surface area contributed by atoms with E-state index in [-0.39, 0.29) is 35.5 Å². The van der Waals surface area contributed by atoms with Crippen molar-refractivity contribution in [2.24, 2.45) is 11.8 Å². The summed E-state index contributed by atoms with van der Waals surface area (Å²) < 4.78 is 11.0. The third kappa shape index (κ3) is 12.8. The Morgan fingerprint density at radius 1 is 1.24 bits per heavy atom. The first-order valence-electron chi connectivity index (χ1n) is 15.2. The Hall–Kier alpha value is -3.30. The van der Waals surface area contributed by atoms with Crippen LogP contribution in [0.15, 0.2) is 17.5 Å². The molecule has 258 valence electrons. The topological polar surface area (TPSA) is 185 Å². The molecule has 0 unspecified atom stereocenters. The minimum Gasteiger partial charge on any atom is -0.456 e. The van der Waals surface area contributed by atoms with E-state index in [1.807, 2.05) is 13.8 Å². The molecule has 5 N–H and O–H groups in total. The van der Waals surface area contributed by atoms with Crippen LogP contribution in [-0.2, 0) is 30.4 Å². The Labute approximate surface area is 278 Å². The van der Waals surface area contributed by atoms with Crippen LogP contribution in [0.2, 0.25) is 0 Å². The normalized spacial score (nSPS) is 21.2. The molecule has 4 amide bonds. The van der Waals surface area contributed by atoms with Crippen LogP contribution in [0, 0.1) is 11.8 Å². The van der Waals surface area contributed by atoms with Gasteiger partial charge in [-0.2, -0.15) is 11.4 Å². The molecule has 1 aromatic heterocycles. The Bertz CT molecular complexity index is 1320. The zero-order chi connectivity index (χ0) is 34.8. The van der Waals surface area contributed by atoms with Crippen molar-refractivity contribution in [1.29, 1.82) is 0 Å². The summed E-state index contributed by atoms with van der Waals surface area (Å²) in [7, 11) is 0. The smallest absolute Gasteiger partial charge is 0.408 e. The molecule has 0 radical (unpaired) electrons. The highest BCUT2D eigenvalue weighted by molar-refractivity contribution is 7.98. The zero-order valence-electron chi connectivity index (χ0n) is 28.1. The summed E-state index contributed by atoms with van der Waals surface area (Å²) in [5.41, 5.74) is -1.92. The average Bonchev–Trinajstić information content (AvgIpc) is 3.40. The van der Waals surface area contributed by atoms with Gasteiger partial charge < -0.3 is 35.8 Å². The van der Waals surface area contributed by atoms with Gasteiger partial charge in [-0.1, -0.05) is 33.8 Å². The van der Waals surface area contributed by atoms with Crippen molar-refractivity contribution >= 4 is 57.5 Å². The van der Waals surface area contributed by atoms with Gasteiger partial charge in [0.25, 0.3) is 5.91 Å². The second kappa shape index (κ2) is 17.0. The number of thiazole rings is 1. The number of fused-ring (bicyclic) bond motifs is 2. The van der Waals surface area contributed by atoms with E-state index in [0.29, 0.717) is 28.5 Å². The van der Waals surface area contributed by atoms with Gasteiger partial charge in [0.15, 0.2) is 0 Å². The number of allylic oxidation sites excluding steroid dienone is 1. The summed E-state index contributed by atoms with van der Waals surface area (Å²) in [6.45, 7) is 15.6. The van der Waals surface area contributed by atoms with Gasteiger partial charge in [0.05, 0.1) is 24.1 Å². The van der Waals surface area contributed by atoms with Gasteiger partial charge in [-0.3, -0.25) is 14.4 Å². The summed E-state index contributed by atoms with van der Waals surface area (Å²) in [5, 5.41) is 23.6. The minimum atomic E-state index is -1.36. The first-order valence-corrected chi connectivity index (χ1v) is 17.2. The number of cyclic esters (lactones) is 1. The Kier molecular flexibility index (Phi) is 14.4. The lowest BCUT2D eigenvalue weighted by Crippen LogP contribution is -2.59. The maximum atomic E-state index is 13.3. The number of rotatable bonds is 8. The lowest BCUT2D eigenvalue weighted by molar-refractivity contribution is -0.153. The van der Waals surface area contributed by atoms with Crippen LogP contribution >= 0.6 is 22.7 Å². The SMILES string of the molecule is CC(C)[C@@H]1NC(=O)C(C)(C)NC(=O)c2csc(n2)CNC(=O)C[C@@H](/C=C/CC/[SH]=C(/O)[C@H](NC(=O)OC(C)(C)C)C(C)C)OC1=O. The summed E-state index contributed by atoms with van der Waals surface area (Å²) in [5.74, 6) is -2.22. The van der Waals surface area contributed by atoms with Crippen LogP contribution in [0.5, 0.6) is 0 Å². The van der Waals surface area contributed by atoms with E-state index in [1.54, 1.807) is 52.2 Å². The van der Waals surface area contributed by atoms with Crippen LogP contribution in [-0.4, -0.2) is 80.0 Å². The number of aliphatic hydroxyl groups is 1. The number of aliphatic hydroxyl groups excluding tert-OH is 1. The molecular weight excluding hydrogens is 635 g/mol. The summed E-state index contributed by atoms with van der Waals surface area (Å²) >= 11 is 1.78. The number of aromatic nitrogens is 1. The quantitative estimate of drug-likeness (QED) is 0.0786. The Morgan fingerprint density at radius 3 is 2.52 bits per heavy atom. The maximum Gasteiger partial charge on any atom is 0.408 e. The van der Waals surface area contributed by atoms with Gasteiger partial charge in [-0.25, -0.2) is 14.6 Å². The van der Waals surface area contributed by atoms with Gasteiger partial charge >= 0.3 is 12.1 Å². The molecule has 2 heterocycles. The highest BCUT2D eigenvalue weighted by Gasteiger charge is 2.36. The lowest BCUT2D eigenvalue weighted by atomic mass is 9.99. The van der Waals surface area contributed by atoms with E-state index in [0.717, 1.165) is 0 Å². The zero-order valence-corrected chi connectivity index (χ0v) is 29.8. The molecule has 0 spiro atoms. The van der Waals surface area contributed by atoms with Crippen LogP contribution in [0.1, 0.15) is 90.7 Å². The number of carbonyl (C=O) groups excluding carboxylic acids is 5. The molecule has 1 aliphatic heterocycles. The number of esters is 1. The predicted octanol–water partition coefficient (Wildman–Crippen LogP) is 3.37. The van der Waals surface area contributed by atoms with E-state index in [9.17, 15) is 29.1 Å². The Balaban J connectivity index is 2.21. The third-order valence-corrected chi connectivity index (χ3v) is 8.55. The molecule has 13 nitrogen and oxygen atoms in total. The van der Waals surface area contributed by atoms with Crippen molar-refractivity contribution in [1.82, 2.24) is 26.3 Å². The predicted molar refractivity (Wildman–Crippen MR) is 180 cm³/mol. The molecule has 0 aliphatic carbocycles. The molecule has 0 fully saturated rings. The standard InChI is InChI=1S/C31H49N5O8S2/c1-17(2)23-26(39)43-19(12-10-11-13-45-27(40)24(18(3)4)35-29(42)44-30(5,6)7)14-21(37)32-15-22-33-20(16-46-22)25(38)36-31(8,9)28(41)34-23/h10,12,16-19,23-24,40,45H,11,13-15H2,1-9H3,(H,32,37)(H,34,41)(H,35,42)(H,36,38)/b12-10+/t19-,23+,24-/m1/s1. The summed E-state index contributed by atoms with van der Waals surface area (Å²) in [4.78, 5) is 68.5. The number of amides is 4. The molecule has 1 aliphatic rings. The largest absolute Gasteiger partial charge is 0.456 e. The van der Waals surface area contributed by atoms with Crippen LogP contribution in [0.25, 0.3) is 0 Å². The molecular formula is C31H49N5O8S2. The fourth-order valence-corrected chi connectivity index (χ4v) is 5.87. The molecule has 1 aromatic rings. The number of ether oxygens (including phenoxy) is 2. The number of hydrogen-bond donors (Lipinski definition) is 6. The maximum absolute atomic E-state index is 13.3. The van der Waals surface area contributed by atoms with Gasteiger partial charge in [-0.15, -0.1) is 11.3 Å². The Morgan fingerprint density at radius 2 is 1.91 bits per heavy atom. The van der Waals surface area contributed by atoms with E-state index < -0.39 is 59.1 Å². The number of nitrogens with zero attached hydrogens (tertiary/aromatic N) is 1. The third-order valence-electron chi connectivity index (χ3n) is 6.61. The molecule has 0 saturated heterocycles. The minimum absolute atomic E-state index is 0.0714. The first kappa shape index (κ1) is 38.9. The molecule has 15 heteroatoms. The highest BCUT2D eigenvalue weighted by Crippen LogP contribution is 2.16. The average molecular weight is 684 g/mol. The van der Waals surface area contributed by atoms with Crippen LogP contribution < -0.4 is 21.3 Å². The monoisotopic (exact) mass is 683 g/mol. The number of hydrogen-bond acceptors (Lipinski definition) is 9. The fourth-order valence-electron chi connectivity index (χ4n) is 4.08. The molecule has 0 aromatic carbocycles. The van der Waals surface area contributed by atoms with E-state index in [1.165, 1.54) is 25.2 Å². The van der Waals surface area contributed by atoms with E-state index in [4.69, 9.17) is 9.47 Å². The summed E-state index contributed by atoms with van der Waals surface area (Å²) in [6, 6.07) is -1.65. The fraction of sp³-hybridized carbons (Fsp3) is 0.645. The molecule has 3 atom stereocenters. The molecule has 2 bridgehead atoms. The van der Waals surface area contributed by atoms with Crippen molar-refractivity contribution in [3.63, 3.8) is 0 Å². The van der Waals surface area contributed by atoms with Crippen molar-refractivity contribution in [3.05, 3.63) is 28.2 Å². The number of alkyl carbamates (subject to hydrolysis) is 1. The molecule has 2 rings (SSSR count). The van der Waals surface area contributed by atoms with Crippen molar-refractivity contribution in [3.8, 4) is 0 Å². The van der Waals surface area contributed by atoms with Crippen molar-refractivity contribution in [2.45, 2.75) is 111 Å². The summed E-state index contributed by atoms with van der Waals surface area (Å²) in [6.07, 6.45) is 2.09. The number of nitrogens with one attached hydrogen (secondary N) is 4. The number of thiol groups is 1. The van der Waals surface area contributed by atoms with Gasteiger partial charge in [-0.05, 0) is 64.7 Å². The van der Waals surface area contributed by atoms with Crippen LogP contribution in [0.3, 0.4) is 0 Å². The molecule has 0 saturated carbocycles. The van der Waals surface area contributed by atoms with Gasteiger partial charge in [0.1, 0.15) is 34.0 Å². The number of carbonyl (C=O) groups is 5.